The Morgan fingerprint density at radius 1 is 1.00 bits per heavy atom. The van der Waals surface area contributed by atoms with Crippen LogP contribution >= 0.6 is 0 Å². The molecule has 0 saturated carbocycles. The summed E-state index contributed by atoms with van der Waals surface area (Å²) in [6.45, 7) is 3.60. The molecule has 0 unspecified atom stereocenters. The SMILES string of the molecule is CC[C@H](NC(=O)c1ccccc1NC(=O)c1ccc(C)cc1)C(=O)O. The van der Waals surface area contributed by atoms with Gasteiger partial charge in [0.2, 0.25) is 0 Å². The molecular weight excluding hydrogens is 320 g/mol. The molecule has 2 amide bonds. The lowest BCUT2D eigenvalue weighted by atomic mass is 10.1. The molecule has 2 aromatic carbocycles. The molecule has 130 valence electrons. The van der Waals surface area contributed by atoms with Crippen molar-refractivity contribution in [1.29, 1.82) is 0 Å². The van der Waals surface area contributed by atoms with Crippen LogP contribution in [-0.2, 0) is 4.79 Å². The van der Waals surface area contributed by atoms with Crippen LogP contribution in [0.2, 0.25) is 0 Å². The first-order valence-corrected chi connectivity index (χ1v) is 7.93. The van der Waals surface area contributed by atoms with Gasteiger partial charge in [0.05, 0.1) is 11.3 Å². The fourth-order valence-corrected chi connectivity index (χ4v) is 2.26. The standard InChI is InChI=1S/C19H20N2O4/c1-3-15(19(24)25)20-18(23)14-6-4-5-7-16(14)21-17(22)13-10-8-12(2)9-11-13/h4-11,15H,3H2,1-2H3,(H,20,23)(H,21,22)(H,24,25)/t15-/m0/s1. The van der Waals surface area contributed by atoms with Crippen LogP contribution < -0.4 is 10.6 Å². The fourth-order valence-electron chi connectivity index (χ4n) is 2.26. The Morgan fingerprint density at radius 3 is 2.24 bits per heavy atom. The molecule has 0 aliphatic rings. The number of aryl methyl sites for hydroxylation is 1. The number of carbonyl (C=O) groups excluding carboxylic acids is 2. The lowest BCUT2D eigenvalue weighted by Crippen LogP contribution is -2.40. The molecular formula is C19H20N2O4. The predicted octanol–water partition coefficient (Wildman–Crippen LogP) is 2.84. The van der Waals surface area contributed by atoms with E-state index in [1.54, 1.807) is 37.3 Å². The molecule has 0 fully saturated rings. The monoisotopic (exact) mass is 340 g/mol. The number of nitrogens with one attached hydrogen (secondary N) is 2. The van der Waals surface area contributed by atoms with Crippen LogP contribution in [0.15, 0.2) is 48.5 Å². The van der Waals surface area contributed by atoms with Gasteiger partial charge in [-0.3, -0.25) is 9.59 Å². The number of para-hydroxylation sites is 1. The van der Waals surface area contributed by atoms with Gasteiger partial charge in [0.1, 0.15) is 6.04 Å². The summed E-state index contributed by atoms with van der Waals surface area (Å²) in [5.41, 5.74) is 2.04. The molecule has 0 radical (unpaired) electrons. The van der Waals surface area contributed by atoms with Crippen LogP contribution in [0.1, 0.15) is 39.6 Å². The van der Waals surface area contributed by atoms with Crippen molar-refractivity contribution < 1.29 is 19.5 Å². The zero-order valence-corrected chi connectivity index (χ0v) is 14.1. The lowest BCUT2D eigenvalue weighted by molar-refractivity contribution is -0.139. The van der Waals surface area contributed by atoms with E-state index in [1.165, 1.54) is 6.07 Å². The summed E-state index contributed by atoms with van der Waals surface area (Å²) in [6, 6.07) is 12.5. The Labute approximate surface area is 145 Å². The summed E-state index contributed by atoms with van der Waals surface area (Å²) in [4.78, 5) is 35.8. The quantitative estimate of drug-likeness (QED) is 0.753. The molecule has 0 aliphatic carbocycles. The Kier molecular flexibility index (Phi) is 5.89. The molecule has 25 heavy (non-hydrogen) atoms. The number of carboxylic acid groups (broad SMARTS) is 1. The maximum atomic E-state index is 12.4. The van der Waals surface area contributed by atoms with Gasteiger partial charge in [0.15, 0.2) is 0 Å². The van der Waals surface area contributed by atoms with Crippen molar-refractivity contribution in [3.63, 3.8) is 0 Å². The second-order valence-electron chi connectivity index (χ2n) is 5.64. The van der Waals surface area contributed by atoms with Gasteiger partial charge >= 0.3 is 5.97 Å². The number of hydrogen-bond acceptors (Lipinski definition) is 3. The summed E-state index contributed by atoms with van der Waals surface area (Å²) in [5.74, 6) is -1.99. The van der Waals surface area contributed by atoms with Crippen molar-refractivity contribution in [1.82, 2.24) is 5.32 Å². The van der Waals surface area contributed by atoms with Gasteiger partial charge in [0, 0.05) is 5.56 Å². The Hall–Kier alpha value is -3.15. The average molecular weight is 340 g/mol. The van der Waals surface area contributed by atoms with Gasteiger partial charge in [-0.05, 0) is 37.6 Å². The summed E-state index contributed by atoms with van der Waals surface area (Å²) in [5, 5.41) is 14.2. The fraction of sp³-hybridized carbons (Fsp3) is 0.211. The van der Waals surface area contributed by atoms with E-state index in [2.05, 4.69) is 10.6 Å². The first-order chi connectivity index (χ1) is 11.9. The molecule has 2 rings (SSSR count). The minimum atomic E-state index is -1.10. The van der Waals surface area contributed by atoms with E-state index in [-0.39, 0.29) is 17.9 Å². The van der Waals surface area contributed by atoms with E-state index in [1.807, 2.05) is 19.1 Å². The number of amides is 2. The van der Waals surface area contributed by atoms with E-state index in [4.69, 9.17) is 5.11 Å². The zero-order valence-electron chi connectivity index (χ0n) is 14.1. The first kappa shape index (κ1) is 18.2. The third-order valence-electron chi connectivity index (χ3n) is 3.75. The molecule has 0 aliphatic heterocycles. The minimum absolute atomic E-state index is 0.211. The maximum absolute atomic E-state index is 12.4. The number of rotatable bonds is 6. The molecule has 0 heterocycles. The van der Waals surface area contributed by atoms with Crippen molar-refractivity contribution in [3.05, 3.63) is 65.2 Å². The van der Waals surface area contributed by atoms with Crippen molar-refractivity contribution in [2.75, 3.05) is 5.32 Å². The van der Waals surface area contributed by atoms with Gasteiger partial charge in [-0.1, -0.05) is 36.8 Å². The van der Waals surface area contributed by atoms with Gasteiger partial charge in [0.25, 0.3) is 11.8 Å². The summed E-state index contributed by atoms with van der Waals surface area (Å²) in [7, 11) is 0. The van der Waals surface area contributed by atoms with Gasteiger partial charge < -0.3 is 15.7 Å². The van der Waals surface area contributed by atoms with Crippen molar-refractivity contribution in [2.45, 2.75) is 26.3 Å². The van der Waals surface area contributed by atoms with Crippen molar-refractivity contribution in [2.24, 2.45) is 0 Å². The van der Waals surface area contributed by atoms with Crippen molar-refractivity contribution >= 4 is 23.5 Å². The van der Waals surface area contributed by atoms with E-state index in [9.17, 15) is 14.4 Å². The number of aliphatic carboxylic acids is 1. The van der Waals surface area contributed by atoms with Crippen LogP contribution in [0.25, 0.3) is 0 Å². The normalized spacial score (nSPS) is 11.4. The van der Waals surface area contributed by atoms with Gasteiger partial charge in [-0.2, -0.15) is 0 Å². The maximum Gasteiger partial charge on any atom is 0.326 e. The third kappa shape index (κ3) is 4.67. The summed E-state index contributed by atoms with van der Waals surface area (Å²) < 4.78 is 0. The van der Waals surface area contributed by atoms with E-state index >= 15 is 0 Å². The van der Waals surface area contributed by atoms with Crippen LogP contribution in [0.5, 0.6) is 0 Å². The number of carboxylic acids is 1. The highest BCUT2D eigenvalue weighted by Crippen LogP contribution is 2.17. The number of carbonyl (C=O) groups is 3. The zero-order chi connectivity index (χ0) is 18.4. The smallest absolute Gasteiger partial charge is 0.326 e. The largest absolute Gasteiger partial charge is 0.480 e. The molecule has 2 aromatic rings. The van der Waals surface area contributed by atoms with Crippen molar-refractivity contribution in [3.8, 4) is 0 Å². The van der Waals surface area contributed by atoms with Crippen LogP contribution in [0.4, 0.5) is 5.69 Å². The summed E-state index contributed by atoms with van der Waals surface area (Å²) >= 11 is 0. The minimum Gasteiger partial charge on any atom is -0.480 e. The molecule has 0 bridgehead atoms. The number of benzene rings is 2. The highest BCUT2D eigenvalue weighted by Gasteiger charge is 2.20. The van der Waals surface area contributed by atoms with E-state index in [0.29, 0.717) is 11.3 Å². The van der Waals surface area contributed by atoms with E-state index < -0.39 is 17.9 Å². The number of hydrogen-bond donors (Lipinski definition) is 3. The van der Waals surface area contributed by atoms with Crippen LogP contribution in [0, 0.1) is 6.92 Å². The Bertz CT molecular complexity index is 784. The molecule has 6 nitrogen and oxygen atoms in total. The number of anilines is 1. The average Bonchev–Trinajstić information content (AvgIpc) is 2.60. The second kappa shape index (κ2) is 8.10. The van der Waals surface area contributed by atoms with Gasteiger partial charge in [-0.25, -0.2) is 4.79 Å². The van der Waals surface area contributed by atoms with Crippen LogP contribution in [-0.4, -0.2) is 28.9 Å². The third-order valence-corrected chi connectivity index (χ3v) is 3.75. The van der Waals surface area contributed by atoms with E-state index in [0.717, 1.165) is 5.56 Å². The first-order valence-electron chi connectivity index (χ1n) is 7.93. The van der Waals surface area contributed by atoms with Crippen LogP contribution in [0.3, 0.4) is 0 Å². The molecule has 0 aromatic heterocycles. The van der Waals surface area contributed by atoms with Gasteiger partial charge in [-0.15, -0.1) is 0 Å². The Morgan fingerprint density at radius 2 is 1.64 bits per heavy atom. The molecule has 6 heteroatoms. The topological polar surface area (TPSA) is 95.5 Å². The lowest BCUT2D eigenvalue weighted by Gasteiger charge is -2.15. The molecule has 1 atom stereocenters. The molecule has 0 spiro atoms. The molecule has 3 N–H and O–H groups in total. The second-order valence-corrected chi connectivity index (χ2v) is 5.64. The summed E-state index contributed by atoms with van der Waals surface area (Å²) in [6.07, 6.45) is 0.263. The highest BCUT2D eigenvalue weighted by atomic mass is 16.4. The highest BCUT2D eigenvalue weighted by molar-refractivity contribution is 6.09. The molecule has 0 saturated heterocycles. The predicted molar refractivity (Wildman–Crippen MR) is 94.8 cm³/mol. The Balaban J connectivity index is 2.19.